The Morgan fingerprint density at radius 1 is 1.43 bits per heavy atom. The number of carbonyl (C=O) groups is 2. The summed E-state index contributed by atoms with van der Waals surface area (Å²) in [5, 5.41) is 9.86. The van der Waals surface area contributed by atoms with Crippen LogP contribution in [0.5, 0.6) is 0 Å². The summed E-state index contributed by atoms with van der Waals surface area (Å²) in [6, 6.07) is 0. The Labute approximate surface area is 127 Å². The van der Waals surface area contributed by atoms with Crippen LogP contribution in [0.25, 0.3) is 0 Å². The van der Waals surface area contributed by atoms with Crippen molar-refractivity contribution in [1.82, 2.24) is 9.88 Å². The van der Waals surface area contributed by atoms with Gasteiger partial charge in [-0.05, 0) is 34.1 Å². The molecule has 0 bridgehead atoms. The van der Waals surface area contributed by atoms with Gasteiger partial charge in [0.25, 0.3) is 0 Å². The van der Waals surface area contributed by atoms with Gasteiger partial charge in [0.2, 0.25) is 0 Å². The van der Waals surface area contributed by atoms with Crippen molar-refractivity contribution < 1.29 is 19.4 Å². The SMILES string of the molecule is Cc1nc(C2CCN(C(=O)OC(C)(C)C)C2)sc1C(=O)O. The second-order valence-electron chi connectivity index (χ2n) is 6.18. The predicted octanol–water partition coefficient (Wildman–Crippen LogP) is 2.87. The van der Waals surface area contributed by atoms with E-state index in [2.05, 4.69) is 4.98 Å². The number of hydrogen-bond donors (Lipinski definition) is 1. The first-order chi connectivity index (χ1) is 9.67. The fourth-order valence-electron chi connectivity index (χ4n) is 2.24. The molecule has 0 saturated carbocycles. The highest BCUT2D eigenvalue weighted by molar-refractivity contribution is 7.13. The highest BCUT2D eigenvalue weighted by Crippen LogP contribution is 2.32. The standard InChI is InChI=1S/C14H20N2O4S/c1-8-10(12(17)18)21-11(15-8)9-5-6-16(7-9)13(19)20-14(2,3)4/h9H,5-7H2,1-4H3,(H,17,18). The molecule has 1 aromatic heterocycles. The van der Waals surface area contributed by atoms with Crippen molar-refractivity contribution in [2.24, 2.45) is 0 Å². The van der Waals surface area contributed by atoms with Crippen LogP contribution in [0.4, 0.5) is 4.79 Å². The highest BCUT2D eigenvalue weighted by atomic mass is 32.1. The Balaban J connectivity index is 2.04. The predicted molar refractivity (Wildman–Crippen MR) is 79.0 cm³/mol. The van der Waals surface area contributed by atoms with Gasteiger partial charge in [-0.3, -0.25) is 0 Å². The maximum Gasteiger partial charge on any atom is 0.410 e. The molecule has 1 aromatic rings. The van der Waals surface area contributed by atoms with Crippen molar-refractivity contribution in [3.63, 3.8) is 0 Å². The van der Waals surface area contributed by atoms with Crippen LogP contribution < -0.4 is 0 Å². The number of amides is 1. The van der Waals surface area contributed by atoms with Gasteiger partial charge in [-0.1, -0.05) is 0 Å². The van der Waals surface area contributed by atoms with Gasteiger partial charge in [-0.2, -0.15) is 0 Å². The first kappa shape index (κ1) is 15.8. The number of aromatic nitrogens is 1. The van der Waals surface area contributed by atoms with Gasteiger partial charge in [0, 0.05) is 19.0 Å². The highest BCUT2D eigenvalue weighted by Gasteiger charge is 2.32. The Bertz CT molecular complexity index is 562. The van der Waals surface area contributed by atoms with Crippen LogP contribution >= 0.6 is 11.3 Å². The Morgan fingerprint density at radius 2 is 2.10 bits per heavy atom. The van der Waals surface area contributed by atoms with Crippen molar-refractivity contribution in [3.05, 3.63) is 15.6 Å². The molecule has 0 spiro atoms. The monoisotopic (exact) mass is 312 g/mol. The van der Waals surface area contributed by atoms with Crippen LogP contribution in [-0.4, -0.2) is 45.7 Å². The minimum Gasteiger partial charge on any atom is -0.477 e. The average molecular weight is 312 g/mol. The lowest BCUT2D eigenvalue weighted by molar-refractivity contribution is 0.0292. The largest absolute Gasteiger partial charge is 0.477 e. The summed E-state index contributed by atoms with van der Waals surface area (Å²) in [7, 11) is 0. The number of aromatic carboxylic acids is 1. The van der Waals surface area contributed by atoms with Gasteiger partial charge < -0.3 is 14.7 Å². The molecule has 0 radical (unpaired) electrons. The zero-order valence-electron chi connectivity index (χ0n) is 12.7. The summed E-state index contributed by atoms with van der Waals surface area (Å²) < 4.78 is 5.35. The molecule has 0 aliphatic carbocycles. The first-order valence-electron chi connectivity index (χ1n) is 6.86. The van der Waals surface area contributed by atoms with Crippen LogP contribution in [0.3, 0.4) is 0 Å². The fraction of sp³-hybridized carbons (Fsp3) is 0.643. The number of hydrogen-bond acceptors (Lipinski definition) is 5. The Morgan fingerprint density at radius 3 is 2.62 bits per heavy atom. The smallest absolute Gasteiger partial charge is 0.410 e. The van der Waals surface area contributed by atoms with Crippen molar-refractivity contribution in [1.29, 1.82) is 0 Å². The minimum atomic E-state index is -0.946. The zero-order valence-corrected chi connectivity index (χ0v) is 13.5. The summed E-state index contributed by atoms with van der Waals surface area (Å²) in [6.07, 6.45) is 0.461. The summed E-state index contributed by atoms with van der Waals surface area (Å²) >= 11 is 1.20. The lowest BCUT2D eigenvalue weighted by Gasteiger charge is -2.24. The molecule has 1 fully saturated rings. The lowest BCUT2D eigenvalue weighted by Crippen LogP contribution is -2.35. The molecule has 6 nitrogen and oxygen atoms in total. The normalized spacial score (nSPS) is 18.9. The van der Waals surface area contributed by atoms with E-state index in [1.165, 1.54) is 11.3 Å². The van der Waals surface area contributed by atoms with Crippen LogP contribution in [0.1, 0.15) is 53.5 Å². The molecule has 1 amide bonds. The molecular formula is C14H20N2O4S. The van der Waals surface area contributed by atoms with Crippen molar-refractivity contribution >= 4 is 23.4 Å². The van der Waals surface area contributed by atoms with E-state index in [9.17, 15) is 9.59 Å². The minimum absolute atomic E-state index is 0.0920. The third-order valence-corrected chi connectivity index (χ3v) is 4.50. The maximum absolute atomic E-state index is 12.0. The van der Waals surface area contributed by atoms with Gasteiger partial charge in [-0.15, -0.1) is 11.3 Å². The second kappa shape index (κ2) is 5.63. The van der Waals surface area contributed by atoms with Gasteiger partial charge in [0.1, 0.15) is 10.5 Å². The van der Waals surface area contributed by atoms with E-state index in [0.29, 0.717) is 18.8 Å². The van der Waals surface area contributed by atoms with E-state index in [-0.39, 0.29) is 16.9 Å². The number of ether oxygens (including phenoxy) is 1. The molecule has 1 unspecified atom stereocenters. The summed E-state index contributed by atoms with van der Waals surface area (Å²) in [6.45, 7) is 8.34. The Hall–Kier alpha value is -1.63. The molecule has 1 saturated heterocycles. The fourth-order valence-corrected chi connectivity index (χ4v) is 3.28. The second-order valence-corrected chi connectivity index (χ2v) is 7.21. The summed E-state index contributed by atoms with van der Waals surface area (Å²) in [4.78, 5) is 29.4. The van der Waals surface area contributed by atoms with Crippen LogP contribution in [0.2, 0.25) is 0 Å². The molecule has 116 valence electrons. The molecule has 2 rings (SSSR count). The molecular weight excluding hydrogens is 292 g/mol. The molecule has 1 atom stereocenters. The topological polar surface area (TPSA) is 79.7 Å². The van der Waals surface area contributed by atoms with Gasteiger partial charge in [0.05, 0.1) is 10.7 Å². The van der Waals surface area contributed by atoms with Gasteiger partial charge in [-0.25, -0.2) is 14.6 Å². The molecule has 7 heteroatoms. The van der Waals surface area contributed by atoms with Crippen molar-refractivity contribution in [2.45, 2.75) is 45.6 Å². The average Bonchev–Trinajstić information content (AvgIpc) is 2.92. The van der Waals surface area contributed by atoms with E-state index >= 15 is 0 Å². The molecule has 1 aliphatic rings. The van der Waals surface area contributed by atoms with Crippen LogP contribution in [-0.2, 0) is 4.74 Å². The number of aryl methyl sites for hydroxylation is 1. The van der Waals surface area contributed by atoms with E-state index in [0.717, 1.165) is 11.4 Å². The van der Waals surface area contributed by atoms with Crippen LogP contribution in [0, 0.1) is 6.92 Å². The number of thiazole rings is 1. The number of rotatable bonds is 2. The number of carboxylic acids is 1. The molecule has 21 heavy (non-hydrogen) atoms. The third kappa shape index (κ3) is 3.72. The van der Waals surface area contributed by atoms with Crippen molar-refractivity contribution in [3.8, 4) is 0 Å². The molecule has 1 N–H and O–H groups in total. The third-order valence-electron chi connectivity index (χ3n) is 3.20. The van der Waals surface area contributed by atoms with E-state index in [1.54, 1.807) is 11.8 Å². The molecule has 2 heterocycles. The summed E-state index contributed by atoms with van der Waals surface area (Å²) in [5.74, 6) is -0.854. The molecule has 0 aromatic carbocycles. The maximum atomic E-state index is 12.0. The Kier molecular flexibility index (Phi) is 4.22. The quantitative estimate of drug-likeness (QED) is 0.908. The number of carbonyl (C=O) groups excluding carboxylic acids is 1. The van der Waals surface area contributed by atoms with Crippen LogP contribution in [0.15, 0.2) is 0 Å². The van der Waals surface area contributed by atoms with E-state index in [1.807, 2.05) is 20.8 Å². The van der Waals surface area contributed by atoms with E-state index in [4.69, 9.17) is 9.84 Å². The number of likely N-dealkylation sites (tertiary alicyclic amines) is 1. The van der Waals surface area contributed by atoms with E-state index < -0.39 is 11.6 Å². The van der Waals surface area contributed by atoms with Crippen molar-refractivity contribution in [2.75, 3.05) is 13.1 Å². The van der Waals surface area contributed by atoms with Gasteiger partial charge >= 0.3 is 12.1 Å². The summed E-state index contributed by atoms with van der Waals surface area (Å²) in [5.41, 5.74) is 0.0295. The van der Waals surface area contributed by atoms with Gasteiger partial charge in [0.15, 0.2) is 0 Å². The molecule has 1 aliphatic heterocycles. The number of carboxylic acid groups (broad SMARTS) is 1. The zero-order chi connectivity index (χ0) is 15.8. The lowest BCUT2D eigenvalue weighted by atomic mass is 10.1. The first-order valence-corrected chi connectivity index (χ1v) is 7.67. The number of nitrogens with zero attached hydrogens (tertiary/aromatic N) is 2.